The second-order valence-corrected chi connectivity index (χ2v) is 20.1. The van der Waals surface area contributed by atoms with Crippen LogP contribution in [0.4, 0.5) is 10.5 Å². The quantitative estimate of drug-likeness (QED) is 0.0678. The van der Waals surface area contributed by atoms with E-state index in [0.717, 1.165) is 44.2 Å². The normalized spacial score (nSPS) is 20.8. The lowest BCUT2D eigenvalue weighted by atomic mass is 9.86. The molecule has 1 fully saturated rings. The van der Waals surface area contributed by atoms with Crippen molar-refractivity contribution in [3.63, 3.8) is 0 Å². The molecule has 3 aliphatic rings. The lowest BCUT2D eigenvalue weighted by Gasteiger charge is -2.44. The Morgan fingerprint density at radius 3 is 2.18 bits per heavy atom. The number of amides is 3. The molecule has 2 aromatic heterocycles. The number of ether oxygens (including phenoxy) is 8. The molecule has 1 saturated heterocycles. The third-order valence-electron chi connectivity index (χ3n) is 13.8. The van der Waals surface area contributed by atoms with E-state index in [1.54, 1.807) is 31.4 Å². The fourth-order valence-electron chi connectivity index (χ4n) is 9.60. The highest BCUT2D eigenvalue weighted by molar-refractivity contribution is 5.98. The minimum absolute atomic E-state index is 0.0189. The van der Waals surface area contributed by atoms with Gasteiger partial charge in [-0.1, -0.05) is 45.0 Å². The Morgan fingerprint density at radius 1 is 0.861 bits per heavy atom. The minimum Gasteiger partial charge on any atom is -0.463 e. The number of aliphatic hydroxyl groups is 1. The Morgan fingerprint density at radius 2 is 1.53 bits per heavy atom. The summed E-state index contributed by atoms with van der Waals surface area (Å²) >= 11 is 0. The zero-order valence-electron chi connectivity index (χ0n) is 45.6. The van der Waals surface area contributed by atoms with Crippen molar-refractivity contribution in [2.45, 2.75) is 156 Å². The van der Waals surface area contributed by atoms with Gasteiger partial charge in [-0.2, -0.15) is 0 Å². The van der Waals surface area contributed by atoms with Gasteiger partial charge >= 0.3 is 35.9 Å². The largest absolute Gasteiger partial charge is 0.463 e. The summed E-state index contributed by atoms with van der Waals surface area (Å²) in [6.45, 7) is 13.5. The van der Waals surface area contributed by atoms with Crippen molar-refractivity contribution in [1.29, 1.82) is 0 Å². The number of anilines is 1. The Kier molecular flexibility index (Phi) is 18.1. The van der Waals surface area contributed by atoms with Crippen LogP contribution in [0.1, 0.15) is 103 Å². The van der Waals surface area contributed by atoms with Crippen molar-refractivity contribution < 1.29 is 81.4 Å². The number of carbonyl (C=O) groups excluding carboxylic acids is 8. The Labute approximate surface area is 454 Å². The van der Waals surface area contributed by atoms with Crippen LogP contribution in [0.25, 0.3) is 22.3 Å². The van der Waals surface area contributed by atoms with E-state index in [1.807, 2.05) is 38.1 Å². The average Bonchev–Trinajstić information content (AvgIpc) is 3.90. The molecule has 4 aromatic rings. The van der Waals surface area contributed by atoms with E-state index in [4.69, 9.17) is 48.6 Å². The number of fused-ring (bicyclic) bond motifs is 5. The summed E-state index contributed by atoms with van der Waals surface area (Å²) in [6, 6.07) is 10.9. The lowest BCUT2D eigenvalue weighted by Crippen LogP contribution is -2.63. The molecule has 0 bridgehead atoms. The number of carbonyl (C=O) groups is 8. The molecular formula is C55H66N6O18. The van der Waals surface area contributed by atoms with Crippen LogP contribution in [0.3, 0.4) is 0 Å². The third-order valence-corrected chi connectivity index (χ3v) is 13.8. The number of para-hydroxylation sites is 1. The Bertz CT molecular complexity index is 3120. The van der Waals surface area contributed by atoms with Gasteiger partial charge in [0.05, 0.1) is 40.7 Å². The van der Waals surface area contributed by atoms with E-state index in [0.29, 0.717) is 22.5 Å². The van der Waals surface area contributed by atoms with Gasteiger partial charge < -0.3 is 68.8 Å². The van der Waals surface area contributed by atoms with Gasteiger partial charge in [0.2, 0.25) is 24.2 Å². The number of rotatable bonds is 19. The van der Waals surface area contributed by atoms with E-state index in [1.165, 1.54) is 30.0 Å². The topological polar surface area (TPSA) is 319 Å². The van der Waals surface area contributed by atoms with Crippen molar-refractivity contribution in [3.05, 3.63) is 86.7 Å². The molecule has 3 aliphatic heterocycles. The molecule has 7 rings (SSSR count). The second-order valence-electron chi connectivity index (χ2n) is 20.1. The summed E-state index contributed by atoms with van der Waals surface area (Å²) in [6.07, 6.45) is -8.36. The Hall–Kier alpha value is -7.96. The molecule has 0 aliphatic carbocycles. The third kappa shape index (κ3) is 12.8. The van der Waals surface area contributed by atoms with Gasteiger partial charge in [-0.3, -0.25) is 33.6 Å². The van der Waals surface area contributed by atoms with E-state index in [9.17, 15) is 48.3 Å². The molecule has 79 heavy (non-hydrogen) atoms. The standard InChI is InChI=1S/C55H66N6O18/c1-11-55(71)38-21-41-45-36(22-61(41)51(68)37(38)24-73-53(55)69)34(35-14-12-13-15-39(35)58-45)18-19-60(27(4)5)54(70)74-23-33-16-17-40(59-49(66)28(6)57-50(67)44(56)26(2)3)42(20-33)78-52-48(77-32(10)65)47(76-31(9)64)46(75-30(8)63)43(79-52)25-72-29(7)62/h12-17,20-21,26-28,43-44,46-48,52,71H,11,18-19,22-25,56H2,1-10H3,(H,57,67)(H,59,66)/t28-,43+,44-,46-,47-,48+,52+,55-/m0/s1. The van der Waals surface area contributed by atoms with Gasteiger partial charge in [-0.15, -0.1) is 0 Å². The first kappa shape index (κ1) is 58.7. The fraction of sp³-hybridized carbons (Fsp3) is 0.491. The molecule has 24 heteroatoms. The first-order chi connectivity index (χ1) is 37.3. The maximum absolute atomic E-state index is 14.2. The maximum atomic E-state index is 14.2. The fourth-order valence-corrected chi connectivity index (χ4v) is 9.60. The van der Waals surface area contributed by atoms with Crippen molar-refractivity contribution in [1.82, 2.24) is 19.8 Å². The molecule has 424 valence electrons. The van der Waals surface area contributed by atoms with Crippen LogP contribution in [0.5, 0.6) is 5.75 Å². The molecule has 5 heterocycles. The molecule has 0 spiro atoms. The smallest absolute Gasteiger partial charge is 0.410 e. The number of benzene rings is 2. The summed E-state index contributed by atoms with van der Waals surface area (Å²) in [4.78, 5) is 124. The molecule has 3 amide bonds. The van der Waals surface area contributed by atoms with E-state index < -0.39 is 114 Å². The molecule has 8 atom stereocenters. The SMILES string of the molecule is CC[C@@]1(O)C(=O)OCc2c1cc1n(c2=O)Cc2c-1nc1ccccc1c2CCN(C(=O)OCc1ccc(NC(=O)[C@H](C)NC(=O)[C@@H](N)C(C)C)c(O[C@@H]2O[C@H](COC(C)=O)[C@H](OC(C)=O)[C@H](OC(C)=O)[C@H]2OC(C)=O)c1)C(C)C. The van der Waals surface area contributed by atoms with Gasteiger partial charge in [0.15, 0.2) is 17.8 Å². The van der Waals surface area contributed by atoms with Gasteiger partial charge in [-0.25, -0.2) is 14.6 Å². The monoisotopic (exact) mass is 1100 g/mol. The molecule has 0 unspecified atom stereocenters. The highest BCUT2D eigenvalue weighted by atomic mass is 16.7. The summed E-state index contributed by atoms with van der Waals surface area (Å²) in [5, 5.41) is 17.5. The summed E-state index contributed by atoms with van der Waals surface area (Å²) < 4.78 is 47.2. The van der Waals surface area contributed by atoms with Gasteiger partial charge in [-0.05, 0) is 74.9 Å². The Balaban J connectivity index is 1.19. The summed E-state index contributed by atoms with van der Waals surface area (Å²) in [5.41, 5.74) is 7.33. The molecule has 0 radical (unpaired) electrons. The molecule has 24 nitrogen and oxygen atoms in total. The molecular weight excluding hydrogens is 1030 g/mol. The highest BCUT2D eigenvalue weighted by Gasteiger charge is 2.54. The van der Waals surface area contributed by atoms with Crippen LogP contribution in [0, 0.1) is 5.92 Å². The van der Waals surface area contributed by atoms with Gasteiger partial charge in [0.1, 0.15) is 37.7 Å². The predicted octanol–water partition coefficient (Wildman–Crippen LogP) is 3.56. The number of nitrogens with zero attached hydrogens (tertiary/aromatic N) is 3. The number of aromatic nitrogens is 2. The highest BCUT2D eigenvalue weighted by Crippen LogP contribution is 2.41. The zero-order valence-corrected chi connectivity index (χ0v) is 45.6. The number of cyclic esters (lactones) is 1. The average molecular weight is 1100 g/mol. The van der Waals surface area contributed by atoms with E-state index in [2.05, 4.69) is 10.6 Å². The number of nitrogens with one attached hydrogen (secondary N) is 2. The van der Waals surface area contributed by atoms with Crippen LogP contribution < -0.4 is 26.7 Å². The lowest BCUT2D eigenvalue weighted by molar-refractivity contribution is -0.288. The first-order valence-corrected chi connectivity index (χ1v) is 25.8. The van der Waals surface area contributed by atoms with Crippen LogP contribution in [-0.2, 0) is 98.5 Å². The number of hydrogen-bond donors (Lipinski definition) is 4. The number of nitrogens with two attached hydrogens (primary N) is 1. The van der Waals surface area contributed by atoms with Crippen molar-refractivity contribution in [2.75, 3.05) is 18.5 Å². The molecule has 0 saturated carbocycles. The van der Waals surface area contributed by atoms with Crippen LogP contribution in [0.15, 0.2) is 53.3 Å². The van der Waals surface area contributed by atoms with Crippen LogP contribution in [0.2, 0.25) is 0 Å². The van der Waals surface area contributed by atoms with Gasteiger partial charge in [0.25, 0.3) is 5.56 Å². The van der Waals surface area contributed by atoms with Crippen LogP contribution in [-0.4, -0.2) is 129 Å². The number of pyridine rings is 2. The molecule has 5 N–H and O–H groups in total. The summed E-state index contributed by atoms with van der Waals surface area (Å²) in [7, 11) is 0. The van der Waals surface area contributed by atoms with E-state index in [-0.39, 0.29) is 67.6 Å². The predicted molar refractivity (Wildman–Crippen MR) is 278 cm³/mol. The van der Waals surface area contributed by atoms with Gasteiger partial charge in [0, 0.05) is 56.8 Å². The zero-order chi connectivity index (χ0) is 57.8. The summed E-state index contributed by atoms with van der Waals surface area (Å²) in [5.74, 6) is -5.94. The maximum Gasteiger partial charge on any atom is 0.410 e. The van der Waals surface area contributed by atoms with Crippen molar-refractivity contribution in [3.8, 4) is 17.1 Å². The number of esters is 5. The van der Waals surface area contributed by atoms with Crippen molar-refractivity contribution >= 4 is 64.3 Å². The second kappa shape index (κ2) is 24.4. The minimum atomic E-state index is -2.01. The number of hydrogen-bond acceptors (Lipinski definition) is 20. The molecule has 2 aromatic carbocycles. The van der Waals surface area contributed by atoms with Crippen LogP contribution >= 0.6 is 0 Å². The van der Waals surface area contributed by atoms with Crippen molar-refractivity contribution in [2.24, 2.45) is 11.7 Å². The van der Waals surface area contributed by atoms with E-state index >= 15 is 0 Å². The first-order valence-electron chi connectivity index (χ1n) is 25.8.